The molecule has 2 rings (SSSR count). The molecule has 1 aliphatic rings. The van der Waals surface area contributed by atoms with Crippen LogP contribution in [0.1, 0.15) is 23.2 Å². The Morgan fingerprint density at radius 2 is 1.88 bits per heavy atom. The number of primary amides is 1. The predicted molar refractivity (Wildman–Crippen MR) is 60.9 cm³/mol. The lowest BCUT2D eigenvalue weighted by molar-refractivity contribution is -0.114. The molecule has 0 radical (unpaired) electrons. The number of hydrogen-bond donors (Lipinski definition) is 2. The number of rotatable bonds is 3. The standard InChI is InChI=1S/C12H12N2O2/c13-12(16)8-1-3-9(4-2-8)14-10-5-6-11(15)7-10/h1-4,7,14H,5-6H2,(H2,13,16). The zero-order valence-electron chi connectivity index (χ0n) is 8.69. The summed E-state index contributed by atoms with van der Waals surface area (Å²) in [5, 5.41) is 3.13. The van der Waals surface area contributed by atoms with E-state index in [0.29, 0.717) is 12.0 Å². The van der Waals surface area contributed by atoms with E-state index >= 15 is 0 Å². The molecule has 0 aliphatic heterocycles. The highest BCUT2D eigenvalue weighted by molar-refractivity contribution is 5.94. The number of benzene rings is 1. The summed E-state index contributed by atoms with van der Waals surface area (Å²) in [7, 11) is 0. The van der Waals surface area contributed by atoms with Crippen molar-refractivity contribution in [3.63, 3.8) is 0 Å². The summed E-state index contributed by atoms with van der Waals surface area (Å²) in [5.41, 5.74) is 7.37. The predicted octanol–water partition coefficient (Wildman–Crippen LogP) is 1.44. The van der Waals surface area contributed by atoms with Crippen molar-refractivity contribution in [3.05, 3.63) is 41.6 Å². The van der Waals surface area contributed by atoms with E-state index in [1.165, 1.54) is 0 Å². The topological polar surface area (TPSA) is 72.2 Å². The number of hydrogen-bond acceptors (Lipinski definition) is 3. The quantitative estimate of drug-likeness (QED) is 0.803. The van der Waals surface area contributed by atoms with Crippen molar-refractivity contribution in [2.75, 3.05) is 5.32 Å². The van der Waals surface area contributed by atoms with E-state index in [2.05, 4.69) is 5.32 Å². The molecule has 1 aliphatic carbocycles. The molecule has 0 aromatic heterocycles. The van der Waals surface area contributed by atoms with Crippen LogP contribution in [0.4, 0.5) is 5.69 Å². The van der Waals surface area contributed by atoms with Crippen molar-refractivity contribution in [1.82, 2.24) is 0 Å². The number of amides is 1. The van der Waals surface area contributed by atoms with Crippen molar-refractivity contribution in [1.29, 1.82) is 0 Å². The SMILES string of the molecule is NC(=O)c1ccc(NC2=CC(=O)CC2)cc1. The Labute approximate surface area is 93.1 Å². The van der Waals surface area contributed by atoms with E-state index in [-0.39, 0.29) is 5.78 Å². The van der Waals surface area contributed by atoms with Gasteiger partial charge in [0.2, 0.25) is 5.91 Å². The Kier molecular flexibility index (Phi) is 2.72. The molecule has 0 saturated carbocycles. The van der Waals surface area contributed by atoms with Gasteiger partial charge in [-0.3, -0.25) is 9.59 Å². The molecule has 0 heterocycles. The maximum absolute atomic E-state index is 11.0. The van der Waals surface area contributed by atoms with Gasteiger partial charge in [0, 0.05) is 29.4 Å². The lowest BCUT2D eigenvalue weighted by Gasteiger charge is -2.06. The number of allylic oxidation sites excluding steroid dienone is 2. The molecule has 1 aromatic carbocycles. The first kappa shape index (κ1) is 10.4. The molecule has 1 amide bonds. The Balaban J connectivity index is 2.08. The lowest BCUT2D eigenvalue weighted by Crippen LogP contribution is -2.10. The first-order valence-electron chi connectivity index (χ1n) is 5.05. The molecular weight excluding hydrogens is 204 g/mol. The summed E-state index contributed by atoms with van der Waals surface area (Å²) < 4.78 is 0. The molecule has 16 heavy (non-hydrogen) atoms. The zero-order chi connectivity index (χ0) is 11.5. The van der Waals surface area contributed by atoms with E-state index in [1.807, 2.05) is 0 Å². The first-order valence-corrected chi connectivity index (χ1v) is 5.05. The average molecular weight is 216 g/mol. The Morgan fingerprint density at radius 1 is 1.19 bits per heavy atom. The van der Waals surface area contributed by atoms with Gasteiger partial charge in [0.15, 0.2) is 5.78 Å². The van der Waals surface area contributed by atoms with Gasteiger partial charge in [-0.05, 0) is 30.7 Å². The Bertz CT molecular complexity index is 460. The summed E-state index contributed by atoms with van der Waals surface area (Å²) in [6.45, 7) is 0. The molecule has 0 saturated heterocycles. The van der Waals surface area contributed by atoms with Crippen molar-refractivity contribution >= 4 is 17.4 Å². The third-order valence-electron chi connectivity index (χ3n) is 2.45. The largest absolute Gasteiger partial charge is 0.366 e. The van der Waals surface area contributed by atoms with Crippen LogP contribution in [0.5, 0.6) is 0 Å². The first-order chi connectivity index (χ1) is 7.65. The molecule has 1 aromatic rings. The highest BCUT2D eigenvalue weighted by Crippen LogP contribution is 2.18. The van der Waals surface area contributed by atoms with E-state index in [0.717, 1.165) is 17.8 Å². The van der Waals surface area contributed by atoms with Crippen LogP contribution in [0, 0.1) is 0 Å². The molecule has 82 valence electrons. The fraction of sp³-hybridized carbons (Fsp3) is 0.167. The number of carbonyl (C=O) groups is 2. The summed E-state index contributed by atoms with van der Waals surface area (Å²) >= 11 is 0. The van der Waals surface area contributed by atoms with Crippen LogP contribution in [-0.2, 0) is 4.79 Å². The summed E-state index contributed by atoms with van der Waals surface area (Å²) in [6.07, 6.45) is 2.93. The monoisotopic (exact) mass is 216 g/mol. The maximum Gasteiger partial charge on any atom is 0.248 e. The minimum absolute atomic E-state index is 0.149. The van der Waals surface area contributed by atoms with E-state index in [1.54, 1.807) is 30.3 Å². The second kappa shape index (κ2) is 4.18. The Morgan fingerprint density at radius 3 is 2.38 bits per heavy atom. The van der Waals surface area contributed by atoms with Crippen LogP contribution in [-0.4, -0.2) is 11.7 Å². The van der Waals surface area contributed by atoms with E-state index in [9.17, 15) is 9.59 Å². The molecule has 3 N–H and O–H groups in total. The van der Waals surface area contributed by atoms with Crippen molar-refractivity contribution in [3.8, 4) is 0 Å². The minimum Gasteiger partial charge on any atom is -0.366 e. The highest BCUT2D eigenvalue weighted by Gasteiger charge is 2.11. The molecule has 4 heteroatoms. The van der Waals surface area contributed by atoms with Crippen molar-refractivity contribution in [2.24, 2.45) is 5.73 Å². The van der Waals surface area contributed by atoms with Gasteiger partial charge >= 0.3 is 0 Å². The third-order valence-corrected chi connectivity index (χ3v) is 2.45. The fourth-order valence-corrected chi connectivity index (χ4v) is 1.60. The van der Waals surface area contributed by atoms with Gasteiger partial charge < -0.3 is 11.1 Å². The number of anilines is 1. The van der Waals surface area contributed by atoms with Gasteiger partial charge in [-0.15, -0.1) is 0 Å². The van der Waals surface area contributed by atoms with Gasteiger partial charge in [0.25, 0.3) is 0 Å². The Hall–Kier alpha value is -2.10. The van der Waals surface area contributed by atoms with Crippen LogP contribution < -0.4 is 11.1 Å². The van der Waals surface area contributed by atoms with Crippen molar-refractivity contribution < 1.29 is 9.59 Å². The third kappa shape index (κ3) is 2.28. The van der Waals surface area contributed by atoms with Crippen LogP contribution in [0.2, 0.25) is 0 Å². The van der Waals surface area contributed by atoms with Gasteiger partial charge in [-0.2, -0.15) is 0 Å². The normalized spacial score (nSPS) is 14.8. The molecular formula is C12H12N2O2. The second-order valence-corrected chi connectivity index (χ2v) is 3.70. The average Bonchev–Trinajstić information content (AvgIpc) is 2.65. The molecule has 0 spiro atoms. The molecule has 4 nitrogen and oxygen atoms in total. The van der Waals surface area contributed by atoms with Crippen LogP contribution in [0.15, 0.2) is 36.0 Å². The zero-order valence-corrected chi connectivity index (χ0v) is 8.69. The number of ketones is 1. The number of nitrogens with one attached hydrogen (secondary N) is 1. The van der Waals surface area contributed by atoms with Gasteiger partial charge in [0.1, 0.15) is 0 Å². The summed E-state index contributed by atoms with van der Waals surface area (Å²) in [5.74, 6) is -0.293. The van der Waals surface area contributed by atoms with Gasteiger partial charge in [0.05, 0.1) is 0 Å². The van der Waals surface area contributed by atoms with E-state index in [4.69, 9.17) is 5.73 Å². The maximum atomic E-state index is 11.0. The smallest absolute Gasteiger partial charge is 0.248 e. The lowest BCUT2D eigenvalue weighted by atomic mass is 10.2. The van der Waals surface area contributed by atoms with Crippen molar-refractivity contribution in [2.45, 2.75) is 12.8 Å². The second-order valence-electron chi connectivity index (χ2n) is 3.70. The highest BCUT2D eigenvalue weighted by atomic mass is 16.1. The molecule has 0 fully saturated rings. The number of carbonyl (C=O) groups excluding carboxylic acids is 2. The van der Waals surface area contributed by atoms with E-state index < -0.39 is 5.91 Å². The molecule has 0 unspecified atom stereocenters. The van der Waals surface area contributed by atoms with Gasteiger partial charge in [-0.1, -0.05) is 0 Å². The molecule has 0 atom stereocenters. The van der Waals surface area contributed by atoms with Crippen LogP contribution >= 0.6 is 0 Å². The molecule has 0 bridgehead atoms. The summed E-state index contributed by atoms with van der Waals surface area (Å²) in [6, 6.07) is 6.84. The number of nitrogens with two attached hydrogens (primary N) is 1. The summed E-state index contributed by atoms with van der Waals surface area (Å²) in [4.78, 5) is 21.9. The minimum atomic E-state index is -0.443. The van der Waals surface area contributed by atoms with Crippen LogP contribution in [0.25, 0.3) is 0 Å². The van der Waals surface area contributed by atoms with Gasteiger partial charge in [-0.25, -0.2) is 0 Å². The fourth-order valence-electron chi connectivity index (χ4n) is 1.60. The van der Waals surface area contributed by atoms with Crippen LogP contribution in [0.3, 0.4) is 0 Å².